The van der Waals surface area contributed by atoms with Gasteiger partial charge in [-0.3, -0.25) is 19.3 Å². The minimum absolute atomic E-state index is 0.0485. The van der Waals surface area contributed by atoms with E-state index >= 15 is 0 Å². The molecule has 2 saturated heterocycles. The minimum atomic E-state index is -4.43. The number of nitrogens with zero attached hydrogens (tertiary/aromatic N) is 7. The normalized spacial score (nSPS) is 18.4. The molecule has 3 aliphatic rings. The Kier molecular flexibility index (Phi) is 10.7. The first-order chi connectivity index (χ1) is 23.2. The van der Waals surface area contributed by atoms with Crippen molar-refractivity contribution in [2.45, 2.75) is 38.7 Å². The molecule has 1 aromatic heterocycles. The average molecular weight is 666 g/mol. The Hall–Kier alpha value is -3.96. The summed E-state index contributed by atoms with van der Waals surface area (Å²) >= 11 is 0. The third-order valence-electron chi connectivity index (χ3n) is 9.51. The Balaban J connectivity index is 1.21. The molecule has 0 spiro atoms. The number of fused-ring (bicyclic) bond motifs is 1. The van der Waals surface area contributed by atoms with Crippen molar-refractivity contribution in [3.63, 3.8) is 0 Å². The van der Waals surface area contributed by atoms with Crippen LogP contribution < -0.4 is 4.90 Å². The molecular weight excluding hydrogens is 623 g/mol. The van der Waals surface area contributed by atoms with Crippen molar-refractivity contribution in [2.75, 3.05) is 83.6 Å². The standard InChI is InChI=1S/C35H42F3N7O3/c1-26(46)44-11-10-33-31(25-44)34(27-6-8-29(9-7-27)35(36,37)38)40-45(33)24-30(48-21-18-41-16-19-47-20-17-41)23-42-12-14-43(15-13-42)32-5-3-2-4-28(32)22-39/h2-9,30H,10-21,23-25H2,1H3. The number of nitriles is 1. The lowest BCUT2D eigenvalue weighted by atomic mass is 10.00. The molecule has 13 heteroatoms. The second-order valence-corrected chi connectivity index (χ2v) is 12.6. The smallest absolute Gasteiger partial charge is 0.379 e. The third kappa shape index (κ3) is 8.01. The first kappa shape index (κ1) is 33.9. The van der Waals surface area contributed by atoms with Gasteiger partial charge >= 0.3 is 6.18 Å². The number of para-hydroxylation sites is 1. The van der Waals surface area contributed by atoms with Gasteiger partial charge in [-0.1, -0.05) is 24.3 Å². The lowest BCUT2D eigenvalue weighted by Gasteiger charge is -2.38. The van der Waals surface area contributed by atoms with Gasteiger partial charge in [0.15, 0.2) is 0 Å². The molecule has 4 heterocycles. The van der Waals surface area contributed by atoms with Crippen LogP contribution in [0.2, 0.25) is 0 Å². The van der Waals surface area contributed by atoms with E-state index in [0.717, 1.165) is 74.9 Å². The molecule has 6 rings (SSSR count). The van der Waals surface area contributed by atoms with Crippen LogP contribution in [0.5, 0.6) is 0 Å². The van der Waals surface area contributed by atoms with Gasteiger partial charge in [-0.2, -0.15) is 23.5 Å². The average Bonchev–Trinajstić information content (AvgIpc) is 3.46. The van der Waals surface area contributed by atoms with Crippen LogP contribution in [0, 0.1) is 11.3 Å². The predicted octanol–water partition coefficient (Wildman–Crippen LogP) is 3.88. The van der Waals surface area contributed by atoms with E-state index < -0.39 is 11.7 Å². The number of alkyl halides is 3. The van der Waals surface area contributed by atoms with E-state index in [1.807, 2.05) is 28.9 Å². The van der Waals surface area contributed by atoms with Crippen molar-refractivity contribution in [1.29, 1.82) is 5.26 Å². The maximum Gasteiger partial charge on any atom is 0.416 e. The van der Waals surface area contributed by atoms with E-state index in [2.05, 4.69) is 20.8 Å². The molecule has 1 unspecified atom stereocenters. The summed E-state index contributed by atoms with van der Waals surface area (Å²) in [6, 6.07) is 15.1. The monoisotopic (exact) mass is 665 g/mol. The number of halogens is 3. The molecule has 1 amide bonds. The van der Waals surface area contributed by atoms with Gasteiger partial charge in [-0.05, 0) is 24.3 Å². The van der Waals surface area contributed by atoms with E-state index in [9.17, 15) is 23.2 Å². The van der Waals surface area contributed by atoms with Gasteiger partial charge in [-0.15, -0.1) is 0 Å². The SMILES string of the molecule is CC(=O)N1CCc2c(c(-c3ccc(C(F)(F)F)cc3)nn2CC(CN2CCN(c3ccccc3C#N)CC2)OCCN2CCOCC2)C1. The van der Waals surface area contributed by atoms with Gasteiger partial charge < -0.3 is 19.3 Å². The van der Waals surface area contributed by atoms with Crippen molar-refractivity contribution < 1.29 is 27.4 Å². The predicted molar refractivity (Wildman–Crippen MR) is 174 cm³/mol. The summed E-state index contributed by atoms with van der Waals surface area (Å²) in [6.07, 6.45) is -4.03. The van der Waals surface area contributed by atoms with E-state index in [4.69, 9.17) is 14.6 Å². The van der Waals surface area contributed by atoms with Gasteiger partial charge in [0.2, 0.25) is 5.91 Å². The molecule has 0 radical (unpaired) electrons. The van der Waals surface area contributed by atoms with E-state index in [1.165, 1.54) is 19.1 Å². The Morgan fingerprint density at radius 2 is 1.71 bits per heavy atom. The van der Waals surface area contributed by atoms with Crippen molar-refractivity contribution in [3.8, 4) is 17.3 Å². The summed E-state index contributed by atoms with van der Waals surface area (Å²) in [5, 5.41) is 14.6. The number of benzene rings is 2. The molecule has 48 heavy (non-hydrogen) atoms. The summed E-state index contributed by atoms with van der Waals surface area (Å²) in [6.45, 7) is 11.3. The summed E-state index contributed by atoms with van der Waals surface area (Å²) in [5.74, 6) is -0.0485. The number of rotatable bonds is 10. The summed E-state index contributed by atoms with van der Waals surface area (Å²) in [5.41, 5.74) is 3.95. The van der Waals surface area contributed by atoms with Crippen LogP contribution >= 0.6 is 0 Å². The van der Waals surface area contributed by atoms with Crippen LogP contribution in [0.1, 0.15) is 29.3 Å². The van der Waals surface area contributed by atoms with Crippen molar-refractivity contribution in [2.24, 2.45) is 0 Å². The Bertz CT molecular complexity index is 1590. The summed E-state index contributed by atoms with van der Waals surface area (Å²) in [7, 11) is 0. The zero-order valence-electron chi connectivity index (χ0n) is 27.3. The summed E-state index contributed by atoms with van der Waals surface area (Å²) in [4.78, 5) is 21.1. The zero-order valence-corrected chi connectivity index (χ0v) is 27.3. The number of hydrogen-bond acceptors (Lipinski definition) is 8. The lowest BCUT2D eigenvalue weighted by molar-refractivity contribution is -0.137. The fourth-order valence-electron chi connectivity index (χ4n) is 6.79. The highest BCUT2D eigenvalue weighted by Gasteiger charge is 2.32. The first-order valence-electron chi connectivity index (χ1n) is 16.6. The van der Waals surface area contributed by atoms with Crippen LogP contribution in [0.4, 0.5) is 18.9 Å². The molecule has 3 aromatic rings. The molecule has 0 N–H and O–H groups in total. The number of carbonyl (C=O) groups is 1. The molecule has 10 nitrogen and oxygen atoms in total. The first-order valence-corrected chi connectivity index (χ1v) is 16.6. The van der Waals surface area contributed by atoms with Crippen LogP contribution in [0.15, 0.2) is 48.5 Å². The topological polar surface area (TPSA) is 90.1 Å². The van der Waals surface area contributed by atoms with Gasteiger partial charge in [0.1, 0.15) is 6.07 Å². The third-order valence-corrected chi connectivity index (χ3v) is 9.51. The second kappa shape index (κ2) is 15.1. The number of ether oxygens (including phenoxy) is 2. The Morgan fingerprint density at radius 1 is 0.979 bits per heavy atom. The molecule has 2 aromatic carbocycles. The number of anilines is 1. The number of amides is 1. The highest BCUT2D eigenvalue weighted by atomic mass is 19.4. The molecule has 3 aliphatic heterocycles. The number of morpholine rings is 1. The van der Waals surface area contributed by atoms with E-state index in [1.54, 1.807) is 4.90 Å². The lowest BCUT2D eigenvalue weighted by Crippen LogP contribution is -2.50. The Morgan fingerprint density at radius 3 is 2.40 bits per heavy atom. The van der Waals surface area contributed by atoms with Crippen molar-refractivity contribution in [1.82, 2.24) is 24.5 Å². The quantitative estimate of drug-likeness (QED) is 0.323. The Labute approximate surface area is 279 Å². The molecule has 2 fully saturated rings. The molecule has 1 atom stereocenters. The molecule has 0 saturated carbocycles. The minimum Gasteiger partial charge on any atom is -0.379 e. The van der Waals surface area contributed by atoms with Crippen LogP contribution in [0.3, 0.4) is 0 Å². The highest BCUT2D eigenvalue weighted by molar-refractivity contribution is 5.74. The number of hydrogen-bond donors (Lipinski definition) is 0. The number of aromatic nitrogens is 2. The summed E-state index contributed by atoms with van der Waals surface area (Å²) < 4.78 is 54.0. The maximum atomic E-state index is 13.3. The zero-order chi connectivity index (χ0) is 33.7. The fourth-order valence-corrected chi connectivity index (χ4v) is 6.79. The fraction of sp³-hybridized carbons (Fsp3) is 0.514. The molecule has 0 bridgehead atoms. The van der Waals surface area contributed by atoms with Crippen LogP contribution in [-0.2, 0) is 40.0 Å². The van der Waals surface area contributed by atoms with E-state index in [-0.39, 0.29) is 12.0 Å². The molecule has 256 valence electrons. The highest BCUT2D eigenvalue weighted by Crippen LogP contribution is 2.34. The van der Waals surface area contributed by atoms with Gasteiger partial charge in [0, 0.05) is 95.6 Å². The molecule has 0 aliphatic carbocycles. The van der Waals surface area contributed by atoms with Crippen molar-refractivity contribution >= 4 is 11.6 Å². The number of carbonyl (C=O) groups excluding carboxylic acids is 1. The van der Waals surface area contributed by atoms with Crippen LogP contribution in [0.25, 0.3) is 11.3 Å². The van der Waals surface area contributed by atoms with E-state index in [0.29, 0.717) is 69.2 Å². The number of piperazine rings is 1. The maximum absolute atomic E-state index is 13.3. The second-order valence-electron chi connectivity index (χ2n) is 12.6. The largest absolute Gasteiger partial charge is 0.416 e. The van der Waals surface area contributed by atoms with Crippen molar-refractivity contribution in [3.05, 3.63) is 70.9 Å². The molecular formula is C35H42F3N7O3. The van der Waals surface area contributed by atoms with Gasteiger partial charge in [0.05, 0.1) is 55.0 Å². The van der Waals surface area contributed by atoms with Crippen LogP contribution in [-0.4, -0.2) is 115 Å². The van der Waals surface area contributed by atoms with Gasteiger partial charge in [0.25, 0.3) is 0 Å². The van der Waals surface area contributed by atoms with Gasteiger partial charge in [-0.25, -0.2) is 0 Å².